The molecule has 20 heavy (non-hydrogen) atoms. The van der Waals surface area contributed by atoms with Gasteiger partial charge in [-0.2, -0.15) is 0 Å². The number of aryl methyl sites for hydroxylation is 1. The molecule has 0 radical (unpaired) electrons. The molecule has 2 aromatic heterocycles. The van der Waals surface area contributed by atoms with E-state index in [-0.39, 0.29) is 6.04 Å². The van der Waals surface area contributed by atoms with Crippen LogP contribution >= 0.6 is 0 Å². The van der Waals surface area contributed by atoms with Gasteiger partial charge < -0.3 is 10.3 Å². The summed E-state index contributed by atoms with van der Waals surface area (Å²) < 4.78 is 2.19. The maximum Gasteiger partial charge on any atom is 0.0948 e. The van der Waals surface area contributed by atoms with E-state index in [4.69, 9.17) is 5.73 Å². The molecule has 0 fully saturated rings. The molecule has 0 saturated carbocycles. The van der Waals surface area contributed by atoms with E-state index >= 15 is 0 Å². The van der Waals surface area contributed by atoms with Crippen molar-refractivity contribution in [3.05, 3.63) is 48.3 Å². The van der Waals surface area contributed by atoms with Crippen molar-refractivity contribution in [2.45, 2.75) is 32.5 Å². The van der Waals surface area contributed by atoms with Gasteiger partial charge in [-0.1, -0.05) is 13.0 Å². The molecule has 0 aliphatic rings. The Morgan fingerprint density at radius 2 is 2.20 bits per heavy atom. The summed E-state index contributed by atoms with van der Waals surface area (Å²) in [5.41, 5.74) is 8.36. The number of likely N-dealkylation sites (N-methyl/N-ethyl adjacent to an activating group) is 1. The minimum Gasteiger partial charge on any atom is -0.333 e. The molecular weight excluding hydrogens is 250 g/mol. The van der Waals surface area contributed by atoms with Crippen LogP contribution in [0, 0.1) is 0 Å². The second-order valence-electron chi connectivity index (χ2n) is 5.04. The van der Waals surface area contributed by atoms with Crippen LogP contribution in [0.3, 0.4) is 0 Å². The van der Waals surface area contributed by atoms with E-state index in [0.29, 0.717) is 6.54 Å². The van der Waals surface area contributed by atoms with E-state index < -0.39 is 0 Å². The lowest BCUT2D eigenvalue weighted by Gasteiger charge is -2.27. The predicted molar refractivity (Wildman–Crippen MR) is 80.0 cm³/mol. The fraction of sp³-hybridized carbons (Fsp3) is 0.467. The molecule has 1 atom stereocenters. The Morgan fingerprint density at radius 1 is 1.35 bits per heavy atom. The summed E-state index contributed by atoms with van der Waals surface area (Å²) in [6, 6.07) is 4.21. The van der Waals surface area contributed by atoms with Crippen LogP contribution in [0.5, 0.6) is 0 Å². The number of imidazole rings is 1. The highest BCUT2D eigenvalue weighted by Gasteiger charge is 2.19. The van der Waals surface area contributed by atoms with Gasteiger partial charge in [-0.3, -0.25) is 9.88 Å². The number of aromatic nitrogens is 3. The third-order valence-electron chi connectivity index (χ3n) is 3.46. The summed E-state index contributed by atoms with van der Waals surface area (Å²) in [5.74, 6) is 0. The average molecular weight is 273 g/mol. The minimum atomic E-state index is 0.171. The van der Waals surface area contributed by atoms with Crippen molar-refractivity contribution in [1.82, 2.24) is 19.4 Å². The maximum absolute atomic E-state index is 5.99. The van der Waals surface area contributed by atoms with Crippen LogP contribution in [0.15, 0.2) is 37.1 Å². The first-order valence-corrected chi connectivity index (χ1v) is 7.05. The van der Waals surface area contributed by atoms with Gasteiger partial charge in [0.15, 0.2) is 0 Å². The van der Waals surface area contributed by atoms with Gasteiger partial charge in [0.1, 0.15) is 0 Å². The van der Waals surface area contributed by atoms with Crippen LogP contribution in [0.4, 0.5) is 0 Å². The van der Waals surface area contributed by atoms with Gasteiger partial charge in [-0.15, -0.1) is 0 Å². The van der Waals surface area contributed by atoms with Crippen LogP contribution in [-0.2, 0) is 13.1 Å². The van der Waals surface area contributed by atoms with Gasteiger partial charge in [0, 0.05) is 38.2 Å². The van der Waals surface area contributed by atoms with E-state index in [9.17, 15) is 0 Å². The molecule has 2 heterocycles. The maximum atomic E-state index is 5.99. The molecule has 0 aromatic carbocycles. The molecule has 0 bridgehead atoms. The Hall–Kier alpha value is -1.72. The van der Waals surface area contributed by atoms with E-state index in [1.54, 1.807) is 6.20 Å². The first-order chi connectivity index (χ1) is 9.76. The number of hydrogen-bond donors (Lipinski definition) is 1. The monoisotopic (exact) mass is 273 g/mol. The largest absolute Gasteiger partial charge is 0.333 e. The molecule has 2 aromatic rings. The highest BCUT2D eigenvalue weighted by molar-refractivity contribution is 5.11. The molecule has 0 aliphatic carbocycles. The predicted octanol–water partition coefficient (Wildman–Crippen LogP) is 1.82. The smallest absolute Gasteiger partial charge is 0.0948 e. The minimum absolute atomic E-state index is 0.171. The van der Waals surface area contributed by atoms with E-state index in [1.807, 2.05) is 24.8 Å². The fourth-order valence-corrected chi connectivity index (χ4v) is 2.45. The molecule has 5 heteroatoms. The Bertz CT molecular complexity index is 508. The zero-order chi connectivity index (χ0) is 14.4. The van der Waals surface area contributed by atoms with E-state index in [1.165, 1.54) is 11.3 Å². The molecule has 0 aliphatic heterocycles. The lowest BCUT2D eigenvalue weighted by Crippen LogP contribution is -2.31. The van der Waals surface area contributed by atoms with Gasteiger partial charge in [0.05, 0.1) is 18.1 Å². The summed E-state index contributed by atoms with van der Waals surface area (Å²) in [5, 5.41) is 0. The highest BCUT2D eigenvalue weighted by Crippen LogP contribution is 2.20. The topological polar surface area (TPSA) is 60.0 Å². The van der Waals surface area contributed by atoms with Crippen molar-refractivity contribution in [1.29, 1.82) is 0 Å². The highest BCUT2D eigenvalue weighted by atomic mass is 15.2. The number of nitrogens with two attached hydrogens (primary N) is 1. The van der Waals surface area contributed by atoms with E-state index in [0.717, 1.165) is 19.5 Å². The summed E-state index contributed by atoms with van der Waals surface area (Å²) in [4.78, 5) is 10.7. The lowest BCUT2D eigenvalue weighted by atomic mass is 10.1. The first-order valence-electron chi connectivity index (χ1n) is 7.05. The van der Waals surface area contributed by atoms with Gasteiger partial charge in [-0.05, 0) is 25.1 Å². The average Bonchev–Trinajstić information content (AvgIpc) is 2.89. The molecule has 0 spiro atoms. The lowest BCUT2D eigenvalue weighted by molar-refractivity contribution is 0.232. The van der Waals surface area contributed by atoms with Crippen LogP contribution < -0.4 is 5.73 Å². The molecule has 2 N–H and O–H groups in total. The summed E-state index contributed by atoms with van der Waals surface area (Å²) in [6.45, 7) is 4.55. The third kappa shape index (κ3) is 3.43. The molecule has 108 valence electrons. The molecule has 0 saturated heterocycles. The Balaban J connectivity index is 2.12. The quantitative estimate of drug-likeness (QED) is 0.836. The Morgan fingerprint density at radius 3 is 2.85 bits per heavy atom. The summed E-state index contributed by atoms with van der Waals surface area (Å²) in [7, 11) is 2.09. The van der Waals surface area contributed by atoms with Crippen molar-refractivity contribution < 1.29 is 0 Å². The molecule has 5 nitrogen and oxygen atoms in total. The van der Waals surface area contributed by atoms with E-state index in [2.05, 4.69) is 39.5 Å². The SMILES string of the molecule is CCCn1cncc1C(CN)N(C)Cc1cccnc1. The van der Waals surface area contributed by atoms with Crippen LogP contribution in [-0.4, -0.2) is 33.0 Å². The van der Waals surface area contributed by atoms with Gasteiger partial charge >= 0.3 is 0 Å². The first kappa shape index (κ1) is 14.7. The van der Waals surface area contributed by atoms with Crippen LogP contribution in [0.1, 0.15) is 30.6 Å². The van der Waals surface area contributed by atoms with Gasteiger partial charge in [0.2, 0.25) is 0 Å². The van der Waals surface area contributed by atoms with Crippen LogP contribution in [0.2, 0.25) is 0 Å². The summed E-state index contributed by atoms with van der Waals surface area (Å²) >= 11 is 0. The molecular formula is C15H23N5. The Kier molecular flexibility index (Phi) is 5.26. The van der Waals surface area contributed by atoms with Crippen molar-refractivity contribution in [2.75, 3.05) is 13.6 Å². The van der Waals surface area contributed by atoms with Crippen molar-refractivity contribution >= 4 is 0 Å². The second-order valence-corrected chi connectivity index (χ2v) is 5.04. The fourth-order valence-electron chi connectivity index (χ4n) is 2.45. The zero-order valence-corrected chi connectivity index (χ0v) is 12.2. The number of rotatable bonds is 7. The molecule has 2 rings (SSSR count). The normalized spacial score (nSPS) is 12.8. The van der Waals surface area contributed by atoms with Gasteiger partial charge in [-0.25, -0.2) is 4.98 Å². The third-order valence-corrected chi connectivity index (χ3v) is 3.46. The number of nitrogens with zero attached hydrogens (tertiary/aromatic N) is 4. The van der Waals surface area contributed by atoms with Crippen molar-refractivity contribution in [2.24, 2.45) is 5.73 Å². The second kappa shape index (κ2) is 7.17. The zero-order valence-electron chi connectivity index (χ0n) is 12.2. The number of hydrogen-bond acceptors (Lipinski definition) is 4. The van der Waals surface area contributed by atoms with Crippen molar-refractivity contribution in [3.8, 4) is 0 Å². The standard InChI is InChI=1S/C15H23N5/c1-3-7-20-12-18-10-15(20)14(8-16)19(2)11-13-5-4-6-17-9-13/h4-6,9-10,12,14H,3,7-8,11,16H2,1-2H3. The van der Waals surface area contributed by atoms with Crippen molar-refractivity contribution in [3.63, 3.8) is 0 Å². The summed E-state index contributed by atoms with van der Waals surface area (Å²) in [6.07, 6.45) is 8.59. The Labute approximate surface area is 120 Å². The molecule has 0 amide bonds. The van der Waals surface area contributed by atoms with Gasteiger partial charge in [0.25, 0.3) is 0 Å². The van der Waals surface area contributed by atoms with Crippen LogP contribution in [0.25, 0.3) is 0 Å². The number of pyridine rings is 1. The molecule has 1 unspecified atom stereocenters.